The summed E-state index contributed by atoms with van der Waals surface area (Å²) in [5.74, 6) is 0.127. The second-order valence-electron chi connectivity index (χ2n) is 5.69. The van der Waals surface area contributed by atoms with Crippen molar-refractivity contribution in [1.82, 2.24) is 4.98 Å². The Balaban J connectivity index is 2.06. The number of benzene rings is 1. The second kappa shape index (κ2) is 5.94. The predicted octanol–water partition coefficient (Wildman–Crippen LogP) is 4.16. The maximum atomic E-state index is 13.2. The average molecular weight is 283 g/mol. The van der Waals surface area contributed by atoms with Crippen molar-refractivity contribution in [2.75, 3.05) is 6.61 Å². The minimum absolute atomic E-state index is 0.127. The van der Waals surface area contributed by atoms with E-state index in [2.05, 4.69) is 4.98 Å². The number of rotatable bonds is 4. The quantitative estimate of drug-likeness (QED) is 0.791. The van der Waals surface area contributed by atoms with E-state index in [0.717, 1.165) is 42.1 Å². The molecule has 0 bridgehead atoms. The minimum atomic E-state index is -0.628. The van der Waals surface area contributed by atoms with Gasteiger partial charge in [-0.15, -0.1) is 0 Å². The summed E-state index contributed by atoms with van der Waals surface area (Å²) in [6, 6.07) is 9.61. The lowest BCUT2D eigenvalue weighted by Crippen LogP contribution is -2.43. The van der Waals surface area contributed by atoms with Crippen LogP contribution in [-0.4, -0.2) is 23.0 Å². The highest BCUT2D eigenvalue weighted by Crippen LogP contribution is 2.36. The molecule has 1 aromatic heterocycles. The summed E-state index contributed by atoms with van der Waals surface area (Å²) in [7, 11) is 0. The van der Waals surface area contributed by atoms with Crippen LogP contribution in [0.2, 0.25) is 0 Å². The van der Waals surface area contributed by atoms with E-state index in [9.17, 15) is 4.79 Å². The Kier molecular flexibility index (Phi) is 4.02. The van der Waals surface area contributed by atoms with Crippen molar-refractivity contribution in [2.24, 2.45) is 0 Å². The van der Waals surface area contributed by atoms with Crippen LogP contribution in [0.3, 0.4) is 0 Å². The molecule has 110 valence electrons. The Hall–Kier alpha value is -1.74. The van der Waals surface area contributed by atoms with E-state index < -0.39 is 5.60 Å². The Morgan fingerprint density at radius 1 is 1.19 bits per heavy atom. The molecule has 0 amide bonds. The van der Waals surface area contributed by atoms with Crippen molar-refractivity contribution < 1.29 is 9.53 Å². The van der Waals surface area contributed by atoms with E-state index in [4.69, 9.17) is 4.74 Å². The Morgan fingerprint density at radius 3 is 2.76 bits per heavy atom. The van der Waals surface area contributed by atoms with Crippen LogP contribution in [0.5, 0.6) is 0 Å². The molecule has 3 nitrogen and oxygen atoms in total. The van der Waals surface area contributed by atoms with Crippen LogP contribution in [0.15, 0.2) is 36.5 Å². The second-order valence-corrected chi connectivity index (χ2v) is 5.69. The van der Waals surface area contributed by atoms with Crippen molar-refractivity contribution in [3.05, 3.63) is 42.1 Å². The van der Waals surface area contributed by atoms with E-state index in [-0.39, 0.29) is 5.78 Å². The lowest BCUT2D eigenvalue weighted by molar-refractivity contribution is -0.0409. The number of carbonyl (C=O) groups excluding carboxylic acids is 1. The summed E-state index contributed by atoms with van der Waals surface area (Å²) >= 11 is 0. The van der Waals surface area contributed by atoms with Gasteiger partial charge in [0.05, 0.1) is 5.52 Å². The molecule has 0 N–H and O–H groups in total. The minimum Gasteiger partial charge on any atom is -0.367 e. The Bertz CT molecular complexity index is 634. The smallest absolute Gasteiger partial charge is 0.195 e. The van der Waals surface area contributed by atoms with Crippen molar-refractivity contribution in [2.45, 2.75) is 44.6 Å². The fourth-order valence-electron chi connectivity index (χ4n) is 3.38. The van der Waals surface area contributed by atoms with Gasteiger partial charge in [-0.1, -0.05) is 37.5 Å². The number of fused-ring (bicyclic) bond motifs is 1. The summed E-state index contributed by atoms with van der Waals surface area (Å²) < 4.78 is 5.97. The van der Waals surface area contributed by atoms with Gasteiger partial charge in [-0.3, -0.25) is 9.78 Å². The molecule has 1 heterocycles. The summed E-state index contributed by atoms with van der Waals surface area (Å²) in [6.45, 7) is 2.54. The number of Topliss-reactive ketones (excluding diaryl/α,β-unsaturated/α-hetero) is 1. The lowest BCUT2D eigenvalue weighted by atomic mass is 9.78. The molecular formula is C18H21NO2. The molecule has 1 saturated carbocycles. The largest absolute Gasteiger partial charge is 0.367 e. The number of carbonyl (C=O) groups is 1. The van der Waals surface area contributed by atoms with E-state index in [0.29, 0.717) is 6.61 Å². The molecule has 0 atom stereocenters. The van der Waals surface area contributed by atoms with Crippen LogP contribution in [-0.2, 0) is 4.74 Å². The first-order valence-corrected chi connectivity index (χ1v) is 7.79. The van der Waals surface area contributed by atoms with Crippen molar-refractivity contribution in [1.29, 1.82) is 0 Å². The van der Waals surface area contributed by atoms with Crippen LogP contribution in [0.25, 0.3) is 10.9 Å². The maximum absolute atomic E-state index is 13.2. The normalized spacial score (nSPS) is 17.8. The zero-order valence-corrected chi connectivity index (χ0v) is 12.5. The average Bonchev–Trinajstić information content (AvgIpc) is 2.55. The molecule has 0 unspecified atom stereocenters. The van der Waals surface area contributed by atoms with Gasteiger partial charge < -0.3 is 4.74 Å². The third kappa shape index (κ3) is 2.58. The van der Waals surface area contributed by atoms with E-state index in [1.807, 2.05) is 37.3 Å². The highest BCUT2D eigenvalue weighted by Gasteiger charge is 2.41. The van der Waals surface area contributed by atoms with Gasteiger partial charge in [-0.05, 0) is 31.9 Å². The highest BCUT2D eigenvalue weighted by molar-refractivity contribution is 6.11. The SMILES string of the molecule is CCOC1(C(=O)c2cccc3ncccc23)CCCCC1. The van der Waals surface area contributed by atoms with Crippen molar-refractivity contribution in [3.8, 4) is 0 Å². The molecule has 0 aliphatic heterocycles. The number of hydrogen-bond donors (Lipinski definition) is 0. The van der Waals surface area contributed by atoms with Gasteiger partial charge in [0.25, 0.3) is 0 Å². The molecule has 1 aliphatic carbocycles. The van der Waals surface area contributed by atoms with Gasteiger partial charge in [0.15, 0.2) is 5.78 Å². The number of hydrogen-bond acceptors (Lipinski definition) is 3. The molecule has 1 aromatic carbocycles. The van der Waals surface area contributed by atoms with Gasteiger partial charge in [-0.2, -0.15) is 0 Å². The standard InChI is InChI=1S/C18H21NO2/c1-2-21-18(11-4-3-5-12-18)17(20)15-8-6-10-16-14(15)9-7-13-19-16/h6-10,13H,2-5,11-12H2,1H3. The monoisotopic (exact) mass is 283 g/mol. The summed E-state index contributed by atoms with van der Waals surface area (Å²) in [4.78, 5) is 17.5. The fourth-order valence-corrected chi connectivity index (χ4v) is 3.38. The first-order chi connectivity index (χ1) is 10.3. The number of nitrogens with zero attached hydrogens (tertiary/aromatic N) is 1. The molecule has 21 heavy (non-hydrogen) atoms. The van der Waals surface area contributed by atoms with Gasteiger partial charge in [0, 0.05) is 23.8 Å². The molecule has 0 radical (unpaired) electrons. The Morgan fingerprint density at radius 2 is 2.00 bits per heavy atom. The van der Waals surface area contributed by atoms with Crippen molar-refractivity contribution >= 4 is 16.7 Å². The number of ketones is 1. The number of aromatic nitrogens is 1. The molecule has 1 fully saturated rings. The van der Waals surface area contributed by atoms with Crippen LogP contribution in [0.1, 0.15) is 49.4 Å². The Labute approximate surface area is 125 Å². The lowest BCUT2D eigenvalue weighted by Gasteiger charge is -2.35. The number of pyridine rings is 1. The van der Waals surface area contributed by atoms with Gasteiger partial charge in [-0.25, -0.2) is 0 Å². The molecule has 0 saturated heterocycles. The van der Waals surface area contributed by atoms with E-state index in [1.54, 1.807) is 6.20 Å². The third-order valence-corrected chi connectivity index (χ3v) is 4.39. The highest BCUT2D eigenvalue weighted by atomic mass is 16.5. The summed E-state index contributed by atoms with van der Waals surface area (Å²) in [5.41, 5.74) is 0.985. The summed E-state index contributed by atoms with van der Waals surface area (Å²) in [5, 5.41) is 0.926. The molecule has 1 aliphatic rings. The maximum Gasteiger partial charge on any atom is 0.195 e. The third-order valence-electron chi connectivity index (χ3n) is 4.39. The van der Waals surface area contributed by atoms with E-state index >= 15 is 0 Å². The van der Waals surface area contributed by atoms with Gasteiger partial charge in [0.1, 0.15) is 5.60 Å². The van der Waals surface area contributed by atoms with Crippen LogP contribution in [0.4, 0.5) is 0 Å². The van der Waals surface area contributed by atoms with Gasteiger partial charge in [0.2, 0.25) is 0 Å². The number of ether oxygens (including phenoxy) is 1. The van der Waals surface area contributed by atoms with Crippen molar-refractivity contribution in [3.63, 3.8) is 0 Å². The topological polar surface area (TPSA) is 39.2 Å². The zero-order valence-electron chi connectivity index (χ0n) is 12.5. The first kappa shape index (κ1) is 14.2. The van der Waals surface area contributed by atoms with Gasteiger partial charge >= 0.3 is 0 Å². The molecule has 3 heteroatoms. The van der Waals surface area contributed by atoms with E-state index in [1.165, 1.54) is 6.42 Å². The molecule has 2 aromatic rings. The molecular weight excluding hydrogens is 262 g/mol. The van der Waals surface area contributed by atoms with Crippen LogP contribution < -0.4 is 0 Å². The molecule has 0 spiro atoms. The van der Waals surface area contributed by atoms with Crippen LogP contribution >= 0.6 is 0 Å². The fraction of sp³-hybridized carbons (Fsp3) is 0.444. The predicted molar refractivity (Wildman–Crippen MR) is 83.5 cm³/mol. The zero-order chi connectivity index (χ0) is 14.7. The first-order valence-electron chi connectivity index (χ1n) is 7.79. The molecule has 3 rings (SSSR count). The summed E-state index contributed by atoms with van der Waals surface area (Å²) in [6.07, 6.45) is 6.74. The van der Waals surface area contributed by atoms with Crippen LogP contribution in [0, 0.1) is 0 Å².